The summed E-state index contributed by atoms with van der Waals surface area (Å²) in [6.07, 6.45) is 2.59. The van der Waals surface area contributed by atoms with E-state index < -0.39 is 9.84 Å². The molecule has 1 aliphatic rings. The van der Waals surface area contributed by atoms with Gasteiger partial charge in [-0.3, -0.25) is 9.89 Å². The number of anilines is 1. The molecule has 138 valence electrons. The van der Waals surface area contributed by atoms with Crippen LogP contribution in [-0.2, 0) is 14.6 Å². The summed E-state index contributed by atoms with van der Waals surface area (Å²) in [5, 5.41) is 7.08. The lowest BCUT2D eigenvalue weighted by atomic mass is 10.2. The monoisotopic (exact) mass is 378 g/mol. The summed E-state index contributed by atoms with van der Waals surface area (Å²) in [4.78, 5) is 18.6. The SMILES string of the molecule is C[C@@H]1COCCN1c1nc(-n2[nH]ccc2=O)nn2c(S(C)(=O)=O)ccc12. The molecule has 3 aromatic heterocycles. The molecule has 0 bridgehead atoms. The zero-order valence-electron chi connectivity index (χ0n) is 14.3. The summed E-state index contributed by atoms with van der Waals surface area (Å²) in [6.45, 7) is 3.68. The highest BCUT2D eigenvalue weighted by atomic mass is 32.2. The van der Waals surface area contributed by atoms with E-state index in [1.165, 1.54) is 27.5 Å². The summed E-state index contributed by atoms with van der Waals surface area (Å²) in [5.41, 5.74) is 0.223. The average molecular weight is 378 g/mol. The Morgan fingerprint density at radius 3 is 2.77 bits per heavy atom. The third kappa shape index (κ3) is 2.69. The van der Waals surface area contributed by atoms with Crippen molar-refractivity contribution in [3.8, 4) is 5.95 Å². The van der Waals surface area contributed by atoms with Crippen LogP contribution in [0.1, 0.15) is 6.92 Å². The van der Waals surface area contributed by atoms with E-state index in [0.717, 1.165) is 6.26 Å². The Kier molecular flexibility index (Phi) is 3.84. The Morgan fingerprint density at radius 2 is 2.12 bits per heavy atom. The first-order valence-corrected chi connectivity index (χ1v) is 9.96. The highest BCUT2D eigenvalue weighted by Crippen LogP contribution is 2.26. The van der Waals surface area contributed by atoms with Gasteiger partial charge < -0.3 is 9.64 Å². The molecule has 0 aliphatic carbocycles. The van der Waals surface area contributed by atoms with Gasteiger partial charge >= 0.3 is 0 Å². The van der Waals surface area contributed by atoms with E-state index in [1.807, 2.05) is 11.8 Å². The van der Waals surface area contributed by atoms with Crippen LogP contribution in [0.5, 0.6) is 0 Å². The van der Waals surface area contributed by atoms with Crippen molar-refractivity contribution < 1.29 is 13.2 Å². The van der Waals surface area contributed by atoms with Crippen LogP contribution in [0.4, 0.5) is 5.82 Å². The van der Waals surface area contributed by atoms with Gasteiger partial charge in [0.15, 0.2) is 20.7 Å². The van der Waals surface area contributed by atoms with Crippen molar-refractivity contribution in [2.45, 2.75) is 18.0 Å². The Morgan fingerprint density at radius 1 is 1.31 bits per heavy atom. The lowest BCUT2D eigenvalue weighted by Crippen LogP contribution is -2.44. The number of aromatic nitrogens is 5. The zero-order chi connectivity index (χ0) is 18.5. The largest absolute Gasteiger partial charge is 0.377 e. The minimum Gasteiger partial charge on any atom is -0.377 e. The quantitative estimate of drug-likeness (QED) is 0.673. The molecule has 0 spiro atoms. The first kappa shape index (κ1) is 16.8. The van der Waals surface area contributed by atoms with Gasteiger partial charge in [0.2, 0.25) is 0 Å². The summed E-state index contributed by atoms with van der Waals surface area (Å²) >= 11 is 0. The molecule has 0 radical (unpaired) electrons. The van der Waals surface area contributed by atoms with Gasteiger partial charge in [0, 0.05) is 25.1 Å². The number of nitrogens with zero attached hydrogens (tertiary/aromatic N) is 5. The van der Waals surface area contributed by atoms with E-state index in [-0.39, 0.29) is 22.6 Å². The smallest absolute Gasteiger partial charge is 0.273 e. The molecule has 4 rings (SSSR count). The van der Waals surface area contributed by atoms with E-state index in [0.29, 0.717) is 31.1 Å². The number of aromatic amines is 1. The molecular formula is C15H18N6O4S. The first-order valence-electron chi connectivity index (χ1n) is 8.07. The Hall–Kier alpha value is -2.66. The van der Waals surface area contributed by atoms with Gasteiger partial charge in [-0.15, -0.1) is 5.10 Å². The molecule has 0 unspecified atom stereocenters. The molecular weight excluding hydrogens is 360 g/mol. The van der Waals surface area contributed by atoms with Crippen LogP contribution in [0.3, 0.4) is 0 Å². The van der Waals surface area contributed by atoms with E-state index in [1.54, 1.807) is 6.07 Å². The second-order valence-corrected chi connectivity index (χ2v) is 8.19. The molecule has 11 heteroatoms. The molecule has 3 aromatic rings. The summed E-state index contributed by atoms with van der Waals surface area (Å²) < 4.78 is 32.2. The van der Waals surface area contributed by atoms with Crippen molar-refractivity contribution in [2.24, 2.45) is 0 Å². The third-order valence-corrected chi connectivity index (χ3v) is 5.38. The van der Waals surface area contributed by atoms with Gasteiger partial charge in [-0.2, -0.15) is 9.67 Å². The minimum absolute atomic E-state index is 0.0397. The minimum atomic E-state index is -3.51. The summed E-state index contributed by atoms with van der Waals surface area (Å²) in [7, 11) is -3.51. The number of ether oxygens (including phenoxy) is 1. The van der Waals surface area contributed by atoms with Crippen LogP contribution in [0.15, 0.2) is 34.2 Å². The van der Waals surface area contributed by atoms with Crippen molar-refractivity contribution in [1.82, 2.24) is 24.4 Å². The molecule has 1 atom stereocenters. The van der Waals surface area contributed by atoms with E-state index in [4.69, 9.17) is 4.74 Å². The topological polar surface area (TPSA) is 115 Å². The van der Waals surface area contributed by atoms with Gasteiger partial charge in [-0.25, -0.2) is 12.9 Å². The predicted molar refractivity (Wildman–Crippen MR) is 93.7 cm³/mol. The number of hydrogen-bond acceptors (Lipinski definition) is 7. The molecule has 0 aromatic carbocycles. The number of H-pyrrole nitrogens is 1. The van der Waals surface area contributed by atoms with Crippen LogP contribution in [0.25, 0.3) is 11.5 Å². The second kappa shape index (κ2) is 5.95. The Bertz CT molecular complexity index is 1130. The highest BCUT2D eigenvalue weighted by molar-refractivity contribution is 7.90. The molecule has 1 fully saturated rings. The van der Waals surface area contributed by atoms with Crippen LogP contribution >= 0.6 is 0 Å². The molecule has 4 heterocycles. The maximum atomic E-state index is 12.1. The Balaban J connectivity index is 2.02. The van der Waals surface area contributed by atoms with Crippen LogP contribution in [0, 0.1) is 0 Å². The van der Waals surface area contributed by atoms with Crippen molar-refractivity contribution in [1.29, 1.82) is 0 Å². The van der Waals surface area contributed by atoms with E-state index >= 15 is 0 Å². The first-order chi connectivity index (χ1) is 12.4. The van der Waals surface area contributed by atoms with Crippen molar-refractivity contribution in [3.63, 3.8) is 0 Å². The zero-order valence-corrected chi connectivity index (χ0v) is 15.1. The maximum Gasteiger partial charge on any atom is 0.273 e. The molecule has 1 aliphatic heterocycles. The third-order valence-electron chi connectivity index (χ3n) is 4.31. The summed E-state index contributed by atoms with van der Waals surface area (Å²) in [5.74, 6) is 0.629. The molecule has 0 saturated carbocycles. The van der Waals surface area contributed by atoms with Gasteiger partial charge in [0.1, 0.15) is 5.52 Å². The number of morpholine rings is 1. The van der Waals surface area contributed by atoms with Gasteiger partial charge in [0.25, 0.3) is 11.5 Å². The average Bonchev–Trinajstić information content (AvgIpc) is 3.20. The van der Waals surface area contributed by atoms with Crippen molar-refractivity contribution in [3.05, 3.63) is 34.7 Å². The maximum absolute atomic E-state index is 12.1. The standard InChI is InChI=1S/C15H18N6O4S/c1-10-9-25-8-7-19(10)14-11-3-4-13(26(2,23)24)20(11)18-15(17-14)21-12(22)5-6-16-21/h3-6,10,16H,7-9H2,1-2H3/t10-/m1/s1. The molecule has 26 heavy (non-hydrogen) atoms. The second-order valence-electron chi connectivity index (χ2n) is 6.23. The fourth-order valence-corrected chi connectivity index (χ4v) is 3.82. The van der Waals surface area contributed by atoms with Crippen LogP contribution in [-0.4, -0.2) is 64.9 Å². The number of sulfone groups is 1. The number of fused-ring (bicyclic) bond motifs is 1. The Labute approximate surface area is 148 Å². The fraction of sp³-hybridized carbons (Fsp3) is 0.400. The number of nitrogens with one attached hydrogen (secondary N) is 1. The normalized spacial score (nSPS) is 18.5. The lowest BCUT2D eigenvalue weighted by molar-refractivity contribution is 0.0986. The summed E-state index contributed by atoms with van der Waals surface area (Å²) in [6, 6.07) is 4.56. The van der Waals surface area contributed by atoms with Crippen molar-refractivity contribution >= 4 is 21.2 Å². The predicted octanol–water partition coefficient (Wildman–Crippen LogP) is -0.163. The van der Waals surface area contributed by atoms with Gasteiger partial charge in [-0.1, -0.05) is 0 Å². The molecule has 1 N–H and O–H groups in total. The molecule has 1 saturated heterocycles. The lowest BCUT2D eigenvalue weighted by Gasteiger charge is -2.34. The number of hydrogen-bond donors (Lipinski definition) is 1. The van der Waals surface area contributed by atoms with E-state index in [2.05, 4.69) is 15.2 Å². The highest BCUT2D eigenvalue weighted by Gasteiger charge is 2.26. The van der Waals surface area contributed by atoms with Crippen LogP contribution in [0.2, 0.25) is 0 Å². The fourth-order valence-electron chi connectivity index (χ4n) is 3.05. The molecule has 0 amide bonds. The van der Waals surface area contributed by atoms with Gasteiger partial charge in [0.05, 0.1) is 19.3 Å². The van der Waals surface area contributed by atoms with E-state index in [9.17, 15) is 13.2 Å². The molecule has 10 nitrogen and oxygen atoms in total. The van der Waals surface area contributed by atoms with Gasteiger partial charge in [-0.05, 0) is 19.1 Å². The van der Waals surface area contributed by atoms with Crippen molar-refractivity contribution in [2.75, 3.05) is 30.9 Å². The number of rotatable bonds is 3. The van der Waals surface area contributed by atoms with Crippen LogP contribution < -0.4 is 10.5 Å².